The molecule has 1 N–H and O–H groups in total. The van der Waals surface area contributed by atoms with E-state index in [1.807, 2.05) is 49.6 Å². The molecule has 0 aliphatic heterocycles. The summed E-state index contributed by atoms with van der Waals surface area (Å²) in [6.45, 7) is 2.02. The van der Waals surface area contributed by atoms with Crippen molar-refractivity contribution in [2.75, 3.05) is 12.0 Å². The summed E-state index contributed by atoms with van der Waals surface area (Å²) in [5, 5.41) is 14.3. The van der Waals surface area contributed by atoms with Gasteiger partial charge in [0, 0.05) is 5.56 Å². The number of aliphatic carboxylic acids is 1. The zero-order valence-corrected chi connectivity index (χ0v) is 23.4. The molecule has 6 heteroatoms. The molecule has 1 atom stereocenters. The van der Waals surface area contributed by atoms with Gasteiger partial charge in [0.25, 0.3) is 5.91 Å². The summed E-state index contributed by atoms with van der Waals surface area (Å²) in [6, 6.07) is 23.5. The zero-order chi connectivity index (χ0) is 26.2. The molecule has 0 heterocycles. The zero-order valence-electron chi connectivity index (χ0n) is 22.5. The molecule has 0 aromatic heterocycles. The SMILES string of the molecule is CSCC[C@H](NC(=O)c1ccc(C=C2CCC(c3ccccc3)CC2)cc1-c1ccccc1C)C(=O)[O-].[Li+]. The normalized spacial score (nSPS) is 15.7. The predicted octanol–water partition coefficient (Wildman–Crippen LogP) is 3.01. The van der Waals surface area contributed by atoms with Gasteiger partial charge in [-0.15, -0.1) is 0 Å². The first-order valence-electron chi connectivity index (χ1n) is 12.9. The molecule has 3 aromatic rings. The summed E-state index contributed by atoms with van der Waals surface area (Å²) >= 11 is 1.54. The van der Waals surface area contributed by atoms with Crippen molar-refractivity contribution in [2.45, 2.75) is 51.0 Å². The Kier molecular flexibility index (Phi) is 11.3. The number of carboxylic acids is 1. The second kappa shape index (κ2) is 14.4. The van der Waals surface area contributed by atoms with E-state index in [-0.39, 0.29) is 18.9 Å². The average molecular weight is 520 g/mol. The molecule has 4 rings (SSSR count). The Morgan fingerprint density at radius 1 is 1.00 bits per heavy atom. The van der Waals surface area contributed by atoms with Gasteiger partial charge in [-0.25, -0.2) is 0 Å². The van der Waals surface area contributed by atoms with Crippen LogP contribution in [0.25, 0.3) is 17.2 Å². The third-order valence-corrected chi connectivity index (χ3v) is 7.84. The van der Waals surface area contributed by atoms with Crippen LogP contribution in [-0.4, -0.2) is 29.9 Å². The third kappa shape index (κ3) is 7.66. The van der Waals surface area contributed by atoms with Crippen LogP contribution in [0, 0.1) is 6.92 Å². The first-order valence-corrected chi connectivity index (χ1v) is 14.3. The minimum absolute atomic E-state index is 0. The summed E-state index contributed by atoms with van der Waals surface area (Å²) in [5.41, 5.74) is 7.21. The summed E-state index contributed by atoms with van der Waals surface area (Å²) in [7, 11) is 0. The average Bonchev–Trinajstić information content (AvgIpc) is 2.92. The monoisotopic (exact) mass is 519 g/mol. The van der Waals surface area contributed by atoms with E-state index in [9.17, 15) is 14.7 Å². The van der Waals surface area contributed by atoms with E-state index in [0.29, 0.717) is 23.7 Å². The van der Waals surface area contributed by atoms with E-state index in [4.69, 9.17) is 0 Å². The maximum atomic E-state index is 13.3. The first kappa shape index (κ1) is 29.8. The largest absolute Gasteiger partial charge is 1.00 e. The van der Waals surface area contributed by atoms with Crippen LogP contribution in [-0.2, 0) is 4.79 Å². The van der Waals surface area contributed by atoms with E-state index < -0.39 is 17.9 Å². The molecule has 1 saturated carbocycles. The van der Waals surface area contributed by atoms with E-state index in [2.05, 4.69) is 47.8 Å². The van der Waals surface area contributed by atoms with Gasteiger partial charge in [0.1, 0.15) is 0 Å². The third-order valence-electron chi connectivity index (χ3n) is 7.19. The van der Waals surface area contributed by atoms with Crippen LogP contribution in [0.3, 0.4) is 0 Å². The Labute approximate surface area is 242 Å². The van der Waals surface area contributed by atoms with Gasteiger partial charge in [0.15, 0.2) is 0 Å². The minimum Gasteiger partial charge on any atom is -0.548 e. The second-order valence-corrected chi connectivity index (χ2v) is 10.7. The molecule has 0 bridgehead atoms. The predicted molar refractivity (Wildman–Crippen MR) is 152 cm³/mol. The standard InChI is InChI=1S/C32H35NO3S.Li/c1-22-8-6-7-11-27(22)29-21-24(14-17-28(29)31(34)33-30(32(35)36)18-19-37-2)20-23-12-15-26(16-13-23)25-9-4-3-5-10-25;/h3-11,14,17,20-21,26,30H,12-13,15-16,18-19H2,1-2H3,(H,33,34)(H,35,36);/q;+1/p-1/t26?,30-;/m0./s1. The summed E-state index contributed by atoms with van der Waals surface area (Å²) < 4.78 is 0. The number of benzene rings is 3. The molecule has 0 spiro atoms. The number of carbonyl (C=O) groups is 2. The number of nitrogens with one attached hydrogen (secondary N) is 1. The number of hydrogen-bond acceptors (Lipinski definition) is 4. The van der Waals surface area contributed by atoms with Crippen molar-refractivity contribution < 1.29 is 33.6 Å². The molecule has 192 valence electrons. The molecule has 4 nitrogen and oxygen atoms in total. The molecular weight excluding hydrogens is 485 g/mol. The Hall–Kier alpha value is -2.71. The topological polar surface area (TPSA) is 69.2 Å². The minimum atomic E-state index is -1.26. The van der Waals surface area contributed by atoms with Crippen molar-refractivity contribution in [1.29, 1.82) is 0 Å². The molecule has 0 radical (unpaired) electrons. The first-order chi connectivity index (χ1) is 18.0. The van der Waals surface area contributed by atoms with Crippen molar-refractivity contribution in [1.82, 2.24) is 5.32 Å². The van der Waals surface area contributed by atoms with E-state index >= 15 is 0 Å². The molecule has 1 aliphatic carbocycles. The van der Waals surface area contributed by atoms with Gasteiger partial charge in [-0.05, 0) is 96.9 Å². The number of thioether (sulfide) groups is 1. The molecule has 1 amide bonds. The van der Waals surface area contributed by atoms with Crippen LogP contribution in [0.1, 0.15) is 65.1 Å². The molecular formula is C32H34LiNO3S. The number of rotatable bonds is 9. The maximum absolute atomic E-state index is 13.3. The Morgan fingerprint density at radius 2 is 1.68 bits per heavy atom. The van der Waals surface area contributed by atoms with Crippen LogP contribution >= 0.6 is 11.8 Å². The van der Waals surface area contributed by atoms with Crippen molar-refractivity contribution in [2.24, 2.45) is 0 Å². The fourth-order valence-corrected chi connectivity index (χ4v) is 5.57. The fourth-order valence-electron chi connectivity index (χ4n) is 5.10. The number of allylic oxidation sites excluding steroid dienone is 1. The van der Waals surface area contributed by atoms with Gasteiger partial charge >= 0.3 is 18.9 Å². The van der Waals surface area contributed by atoms with E-state index in [1.54, 1.807) is 11.8 Å². The number of amides is 1. The van der Waals surface area contributed by atoms with Crippen molar-refractivity contribution >= 4 is 29.7 Å². The molecule has 0 unspecified atom stereocenters. The number of aryl methyl sites for hydroxylation is 1. The van der Waals surface area contributed by atoms with Gasteiger partial charge in [-0.2, -0.15) is 11.8 Å². The number of carbonyl (C=O) groups excluding carboxylic acids is 2. The Morgan fingerprint density at radius 3 is 2.34 bits per heavy atom. The Balaban J connectivity index is 0.00000400. The number of carboxylic acid groups (broad SMARTS) is 1. The summed E-state index contributed by atoms with van der Waals surface area (Å²) in [5.74, 6) is -0.417. The van der Waals surface area contributed by atoms with Crippen molar-refractivity contribution in [3.8, 4) is 11.1 Å². The van der Waals surface area contributed by atoms with Crippen LogP contribution in [0.15, 0.2) is 78.4 Å². The van der Waals surface area contributed by atoms with E-state index in [1.165, 1.54) is 11.1 Å². The molecule has 38 heavy (non-hydrogen) atoms. The van der Waals surface area contributed by atoms with Gasteiger partial charge in [-0.3, -0.25) is 4.79 Å². The van der Waals surface area contributed by atoms with Crippen LogP contribution in [0.2, 0.25) is 0 Å². The van der Waals surface area contributed by atoms with Crippen molar-refractivity contribution in [3.63, 3.8) is 0 Å². The summed E-state index contributed by atoms with van der Waals surface area (Å²) in [4.78, 5) is 24.9. The summed E-state index contributed by atoms with van der Waals surface area (Å²) in [6.07, 6.45) is 8.89. The van der Waals surface area contributed by atoms with Gasteiger partial charge in [0.2, 0.25) is 0 Å². The maximum Gasteiger partial charge on any atom is 1.00 e. The van der Waals surface area contributed by atoms with Gasteiger partial charge in [0.05, 0.1) is 12.0 Å². The smallest absolute Gasteiger partial charge is 0.548 e. The van der Waals surface area contributed by atoms with Gasteiger partial charge in [-0.1, -0.05) is 72.3 Å². The van der Waals surface area contributed by atoms with Gasteiger partial charge < -0.3 is 15.2 Å². The molecule has 3 aromatic carbocycles. The van der Waals surface area contributed by atoms with E-state index in [0.717, 1.165) is 47.9 Å². The molecule has 1 fully saturated rings. The second-order valence-electron chi connectivity index (χ2n) is 9.73. The molecule has 1 aliphatic rings. The van der Waals surface area contributed by atoms with Crippen molar-refractivity contribution in [3.05, 3.63) is 101 Å². The molecule has 0 saturated heterocycles. The fraction of sp³-hybridized carbons (Fsp3) is 0.312. The number of hydrogen-bond donors (Lipinski definition) is 1. The quantitative estimate of drug-likeness (QED) is 0.442. The van der Waals surface area contributed by atoms with Crippen LogP contribution < -0.4 is 29.3 Å². The van der Waals surface area contributed by atoms with Crippen LogP contribution in [0.4, 0.5) is 0 Å². The van der Waals surface area contributed by atoms with Crippen LogP contribution in [0.5, 0.6) is 0 Å². The Bertz CT molecular complexity index is 1260.